The average molecular weight is 235 g/mol. The molecular formula is C11H17N5O. The summed E-state index contributed by atoms with van der Waals surface area (Å²) >= 11 is 0. The third-order valence-electron chi connectivity index (χ3n) is 2.92. The van der Waals surface area contributed by atoms with E-state index in [4.69, 9.17) is 15.9 Å². The van der Waals surface area contributed by atoms with Crippen LogP contribution in [0.1, 0.15) is 11.4 Å². The fraction of sp³-hybridized carbons (Fsp3) is 0.545. The van der Waals surface area contributed by atoms with Crippen molar-refractivity contribution < 1.29 is 4.74 Å². The molecule has 0 spiro atoms. The number of ether oxygens (including phenoxy) is 1. The number of amidine groups is 1. The van der Waals surface area contributed by atoms with E-state index < -0.39 is 0 Å². The second-order valence-electron chi connectivity index (χ2n) is 4.16. The SMILES string of the molecule is Cc1ncc(N2CCOC(C(=N)N)C2)nc1C. The standard InChI is InChI=1S/C11H17N5O/c1-7-8(2)15-10(5-14-7)16-3-4-17-9(6-16)11(12)13/h5,9H,3-4,6H2,1-2H3,(H3,12,13). The molecule has 1 aliphatic heterocycles. The number of anilines is 1. The number of aryl methyl sites for hydroxylation is 2. The number of morpholine rings is 1. The molecule has 0 amide bonds. The van der Waals surface area contributed by atoms with Gasteiger partial charge >= 0.3 is 0 Å². The molecule has 2 rings (SSSR count). The Hall–Kier alpha value is -1.69. The quantitative estimate of drug-likeness (QED) is 0.566. The van der Waals surface area contributed by atoms with E-state index in [-0.39, 0.29) is 11.9 Å². The molecule has 0 aromatic carbocycles. The fourth-order valence-electron chi connectivity index (χ4n) is 1.73. The molecule has 92 valence electrons. The molecule has 1 aliphatic rings. The predicted molar refractivity (Wildman–Crippen MR) is 65.4 cm³/mol. The Morgan fingerprint density at radius 3 is 2.94 bits per heavy atom. The maximum atomic E-state index is 7.41. The van der Waals surface area contributed by atoms with E-state index in [1.807, 2.05) is 13.8 Å². The molecule has 0 saturated carbocycles. The highest BCUT2D eigenvalue weighted by Gasteiger charge is 2.23. The molecule has 1 aromatic rings. The Morgan fingerprint density at radius 2 is 2.29 bits per heavy atom. The lowest BCUT2D eigenvalue weighted by Crippen LogP contribution is -2.48. The van der Waals surface area contributed by atoms with Crippen molar-refractivity contribution in [3.63, 3.8) is 0 Å². The number of aromatic nitrogens is 2. The fourth-order valence-corrected chi connectivity index (χ4v) is 1.73. The van der Waals surface area contributed by atoms with Crippen LogP contribution in [0.3, 0.4) is 0 Å². The van der Waals surface area contributed by atoms with Crippen molar-refractivity contribution in [2.45, 2.75) is 20.0 Å². The number of hydrogen-bond donors (Lipinski definition) is 2. The predicted octanol–water partition coefficient (Wildman–Crippen LogP) is 0.235. The van der Waals surface area contributed by atoms with E-state index in [2.05, 4.69) is 14.9 Å². The van der Waals surface area contributed by atoms with Crippen molar-refractivity contribution in [1.82, 2.24) is 9.97 Å². The van der Waals surface area contributed by atoms with Gasteiger partial charge in [-0.3, -0.25) is 10.4 Å². The normalized spacial score (nSPS) is 20.4. The Balaban J connectivity index is 2.16. The summed E-state index contributed by atoms with van der Waals surface area (Å²) in [5, 5.41) is 7.41. The third-order valence-corrected chi connectivity index (χ3v) is 2.92. The largest absolute Gasteiger partial charge is 0.385 e. The molecule has 6 heteroatoms. The molecule has 17 heavy (non-hydrogen) atoms. The monoisotopic (exact) mass is 235 g/mol. The van der Waals surface area contributed by atoms with E-state index in [1.165, 1.54) is 0 Å². The van der Waals surface area contributed by atoms with Gasteiger partial charge in [0.25, 0.3) is 0 Å². The van der Waals surface area contributed by atoms with Gasteiger partial charge in [-0.15, -0.1) is 0 Å². The topological polar surface area (TPSA) is 88.1 Å². The van der Waals surface area contributed by atoms with Crippen LogP contribution in [0.15, 0.2) is 6.20 Å². The minimum atomic E-state index is -0.341. The van der Waals surface area contributed by atoms with Gasteiger partial charge in [-0.05, 0) is 13.8 Å². The van der Waals surface area contributed by atoms with E-state index in [1.54, 1.807) is 6.20 Å². The molecule has 1 aromatic heterocycles. The zero-order valence-electron chi connectivity index (χ0n) is 10.1. The number of nitrogens with one attached hydrogen (secondary N) is 1. The highest BCUT2D eigenvalue weighted by atomic mass is 16.5. The Morgan fingerprint density at radius 1 is 1.53 bits per heavy atom. The van der Waals surface area contributed by atoms with E-state index in [0.717, 1.165) is 23.8 Å². The van der Waals surface area contributed by atoms with Gasteiger partial charge in [0, 0.05) is 6.54 Å². The van der Waals surface area contributed by atoms with Crippen LogP contribution >= 0.6 is 0 Å². The zero-order chi connectivity index (χ0) is 12.4. The molecule has 3 N–H and O–H groups in total. The van der Waals surface area contributed by atoms with Gasteiger partial charge in [0.15, 0.2) is 0 Å². The molecule has 6 nitrogen and oxygen atoms in total. The minimum absolute atomic E-state index is 0.0616. The summed E-state index contributed by atoms with van der Waals surface area (Å²) in [7, 11) is 0. The minimum Gasteiger partial charge on any atom is -0.385 e. The molecule has 1 unspecified atom stereocenters. The van der Waals surface area contributed by atoms with Gasteiger partial charge in [0.2, 0.25) is 0 Å². The average Bonchev–Trinajstić information content (AvgIpc) is 2.33. The lowest BCUT2D eigenvalue weighted by Gasteiger charge is -2.33. The van der Waals surface area contributed by atoms with Crippen molar-refractivity contribution in [3.8, 4) is 0 Å². The lowest BCUT2D eigenvalue weighted by atomic mass is 10.2. The van der Waals surface area contributed by atoms with Gasteiger partial charge < -0.3 is 15.4 Å². The smallest absolute Gasteiger partial charge is 0.147 e. The molecule has 0 aliphatic carbocycles. The second-order valence-corrected chi connectivity index (χ2v) is 4.16. The van der Waals surface area contributed by atoms with Crippen molar-refractivity contribution in [2.24, 2.45) is 5.73 Å². The summed E-state index contributed by atoms with van der Waals surface area (Å²) in [6.45, 7) is 5.74. The first kappa shape index (κ1) is 11.8. The molecule has 1 atom stereocenters. The molecule has 1 fully saturated rings. The highest BCUT2D eigenvalue weighted by molar-refractivity contribution is 5.82. The van der Waals surface area contributed by atoms with Crippen molar-refractivity contribution in [2.75, 3.05) is 24.6 Å². The Kier molecular flexibility index (Phi) is 3.23. The highest BCUT2D eigenvalue weighted by Crippen LogP contribution is 2.15. The summed E-state index contributed by atoms with van der Waals surface area (Å²) in [5.74, 6) is 0.883. The summed E-state index contributed by atoms with van der Waals surface area (Å²) in [4.78, 5) is 10.8. The second kappa shape index (κ2) is 4.67. The van der Waals surface area contributed by atoms with Gasteiger partial charge in [-0.25, -0.2) is 4.98 Å². The maximum absolute atomic E-state index is 7.41. The molecule has 0 bridgehead atoms. The van der Waals surface area contributed by atoms with Crippen LogP contribution in [0.25, 0.3) is 0 Å². The van der Waals surface area contributed by atoms with Crippen LogP contribution in [-0.2, 0) is 4.74 Å². The number of nitrogens with two attached hydrogens (primary N) is 1. The van der Waals surface area contributed by atoms with Crippen LogP contribution in [0.4, 0.5) is 5.82 Å². The van der Waals surface area contributed by atoms with E-state index in [0.29, 0.717) is 13.2 Å². The summed E-state index contributed by atoms with van der Waals surface area (Å²) in [6.07, 6.45) is 1.41. The third kappa shape index (κ3) is 2.52. The Labute approximate surface area is 100 Å². The van der Waals surface area contributed by atoms with E-state index in [9.17, 15) is 0 Å². The first-order valence-electron chi connectivity index (χ1n) is 5.58. The molecule has 2 heterocycles. The van der Waals surface area contributed by atoms with Crippen LogP contribution in [-0.4, -0.2) is 41.6 Å². The van der Waals surface area contributed by atoms with Gasteiger partial charge in [0.1, 0.15) is 17.8 Å². The molecule has 0 radical (unpaired) electrons. The molecule has 1 saturated heterocycles. The number of rotatable bonds is 2. The Bertz CT molecular complexity index is 434. The molecular weight excluding hydrogens is 218 g/mol. The van der Waals surface area contributed by atoms with E-state index >= 15 is 0 Å². The maximum Gasteiger partial charge on any atom is 0.147 e. The van der Waals surface area contributed by atoms with Crippen molar-refractivity contribution in [1.29, 1.82) is 5.41 Å². The first-order chi connectivity index (χ1) is 8.08. The summed E-state index contributed by atoms with van der Waals surface area (Å²) in [5.41, 5.74) is 7.32. The van der Waals surface area contributed by atoms with Crippen LogP contribution < -0.4 is 10.6 Å². The van der Waals surface area contributed by atoms with Gasteiger partial charge in [0.05, 0.1) is 30.7 Å². The lowest BCUT2D eigenvalue weighted by molar-refractivity contribution is 0.0823. The summed E-state index contributed by atoms with van der Waals surface area (Å²) in [6, 6.07) is 0. The zero-order valence-corrected chi connectivity index (χ0v) is 10.1. The number of hydrogen-bond acceptors (Lipinski definition) is 5. The summed E-state index contributed by atoms with van der Waals surface area (Å²) < 4.78 is 5.41. The van der Waals surface area contributed by atoms with Crippen LogP contribution in [0.2, 0.25) is 0 Å². The van der Waals surface area contributed by atoms with Gasteiger partial charge in [-0.2, -0.15) is 0 Å². The van der Waals surface area contributed by atoms with Crippen LogP contribution in [0.5, 0.6) is 0 Å². The van der Waals surface area contributed by atoms with Gasteiger partial charge in [-0.1, -0.05) is 0 Å². The van der Waals surface area contributed by atoms with Crippen molar-refractivity contribution >= 4 is 11.7 Å². The number of nitrogens with zero attached hydrogens (tertiary/aromatic N) is 3. The van der Waals surface area contributed by atoms with Crippen molar-refractivity contribution in [3.05, 3.63) is 17.6 Å². The van der Waals surface area contributed by atoms with Crippen LogP contribution in [0, 0.1) is 19.3 Å². The first-order valence-corrected chi connectivity index (χ1v) is 5.58.